The van der Waals surface area contributed by atoms with Crippen LogP contribution < -0.4 is 4.74 Å². The lowest BCUT2D eigenvalue weighted by Crippen LogP contribution is -2.08. The number of carbonyl (C=O) groups excluding carboxylic acids is 1. The largest absolute Gasteiger partial charge is 0.481 e. The van der Waals surface area contributed by atoms with Crippen LogP contribution in [0.4, 0.5) is 0 Å². The number of carbonyl (C=O) groups is 1. The van der Waals surface area contributed by atoms with Gasteiger partial charge in [-0.3, -0.25) is 9.48 Å². The van der Waals surface area contributed by atoms with Gasteiger partial charge in [-0.25, -0.2) is 9.97 Å². The zero-order chi connectivity index (χ0) is 13.8. The average Bonchev–Trinajstić information content (AvgIpc) is 2.87. The predicted molar refractivity (Wildman–Crippen MR) is 69.2 cm³/mol. The van der Waals surface area contributed by atoms with Gasteiger partial charge < -0.3 is 4.74 Å². The molecule has 0 aliphatic heterocycles. The molecule has 0 N–H and O–H groups in total. The highest BCUT2D eigenvalue weighted by molar-refractivity contribution is 5.95. The first kappa shape index (κ1) is 13.2. The number of hydrogen-bond acceptors (Lipinski definition) is 5. The van der Waals surface area contributed by atoms with Crippen LogP contribution in [0.15, 0.2) is 24.7 Å². The molecule has 0 amide bonds. The van der Waals surface area contributed by atoms with Gasteiger partial charge in [-0.1, -0.05) is 0 Å². The summed E-state index contributed by atoms with van der Waals surface area (Å²) in [6, 6.07) is 3.65. The van der Waals surface area contributed by atoms with Crippen molar-refractivity contribution < 1.29 is 9.53 Å². The van der Waals surface area contributed by atoms with Gasteiger partial charge in [0.1, 0.15) is 12.0 Å². The Morgan fingerprint density at radius 3 is 2.84 bits per heavy atom. The van der Waals surface area contributed by atoms with Crippen LogP contribution in [0.5, 0.6) is 5.88 Å². The Bertz CT molecular complexity index is 578. The van der Waals surface area contributed by atoms with E-state index in [2.05, 4.69) is 15.1 Å². The lowest BCUT2D eigenvalue weighted by atomic mass is 10.1. The predicted octanol–water partition coefficient (Wildman–Crippen LogP) is 1.69. The van der Waals surface area contributed by atoms with E-state index in [4.69, 9.17) is 4.74 Å². The van der Waals surface area contributed by atoms with Crippen molar-refractivity contribution in [2.24, 2.45) is 0 Å². The number of ketones is 1. The molecule has 6 nitrogen and oxygen atoms in total. The normalized spacial score (nSPS) is 10.7. The summed E-state index contributed by atoms with van der Waals surface area (Å²) in [7, 11) is 1.50. The Kier molecular flexibility index (Phi) is 3.89. The number of aromatic nitrogens is 4. The van der Waals surface area contributed by atoms with Gasteiger partial charge in [-0.15, -0.1) is 0 Å². The molecule has 0 aromatic carbocycles. The highest BCUT2D eigenvalue weighted by Crippen LogP contribution is 2.10. The second-order valence-corrected chi connectivity index (χ2v) is 4.43. The molecule has 2 aromatic rings. The molecule has 0 radical (unpaired) electrons. The minimum absolute atomic E-state index is 0.102. The molecule has 0 fully saturated rings. The van der Waals surface area contributed by atoms with Gasteiger partial charge in [0.05, 0.1) is 19.2 Å². The van der Waals surface area contributed by atoms with Crippen molar-refractivity contribution in [2.75, 3.05) is 7.11 Å². The number of methoxy groups -OCH3 is 1. The van der Waals surface area contributed by atoms with Crippen LogP contribution in [-0.4, -0.2) is 32.6 Å². The second kappa shape index (κ2) is 5.60. The first-order valence-electron chi connectivity index (χ1n) is 6.03. The summed E-state index contributed by atoms with van der Waals surface area (Å²) in [5.41, 5.74) is 1.07. The minimum Gasteiger partial charge on any atom is -0.481 e. The standard InChI is InChI=1S/C13H16N4O2/c1-9(2)17-5-4-10(16-17)6-12(18)11-7-13(19-3)15-8-14-11/h4-5,7-9H,6H2,1-3H3. The summed E-state index contributed by atoms with van der Waals surface area (Å²) in [6.07, 6.45) is 3.41. The Hall–Kier alpha value is -2.24. The highest BCUT2D eigenvalue weighted by atomic mass is 16.5. The van der Waals surface area contributed by atoms with Crippen LogP contribution >= 0.6 is 0 Å². The van der Waals surface area contributed by atoms with E-state index in [1.54, 1.807) is 0 Å². The van der Waals surface area contributed by atoms with Crippen LogP contribution in [0.2, 0.25) is 0 Å². The molecule has 0 saturated carbocycles. The summed E-state index contributed by atoms with van der Waals surface area (Å²) in [5, 5.41) is 4.34. The van der Waals surface area contributed by atoms with Gasteiger partial charge >= 0.3 is 0 Å². The van der Waals surface area contributed by atoms with E-state index in [9.17, 15) is 4.79 Å². The van der Waals surface area contributed by atoms with Gasteiger partial charge in [0, 0.05) is 18.3 Å². The quantitative estimate of drug-likeness (QED) is 0.765. The fourth-order valence-corrected chi connectivity index (χ4v) is 1.62. The van der Waals surface area contributed by atoms with E-state index >= 15 is 0 Å². The maximum Gasteiger partial charge on any atom is 0.216 e. The first-order chi connectivity index (χ1) is 9.10. The van der Waals surface area contributed by atoms with Crippen molar-refractivity contribution in [1.29, 1.82) is 0 Å². The van der Waals surface area contributed by atoms with Crippen molar-refractivity contribution in [3.05, 3.63) is 36.0 Å². The molecule has 19 heavy (non-hydrogen) atoms. The van der Waals surface area contributed by atoms with Crippen LogP contribution in [0.1, 0.15) is 36.1 Å². The summed E-state index contributed by atoms with van der Waals surface area (Å²) in [4.78, 5) is 19.9. The summed E-state index contributed by atoms with van der Waals surface area (Å²) >= 11 is 0. The summed E-state index contributed by atoms with van der Waals surface area (Å²) < 4.78 is 6.79. The van der Waals surface area contributed by atoms with Crippen molar-refractivity contribution in [3.63, 3.8) is 0 Å². The molecule has 100 valence electrons. The number of Topliss-reactive ketones (excluding diaryl/α,β-unsaturated/α-hetero) is 1. The molecule has 0 spiro atoms. The topological polar surface area (TPSA) is 69.9 Å². The lowest BCUT2D eigenvalue weighted by Gasteiger charge is -2.04. The zero-order valence-corrected chi connectivity index (χ0v) is 11.2. The SMILES string of the molecule is COc1cc(C(=O)Cc2ccn(C(C)C)n2)ncn1. The van der Waals surface area contributed by atoms with Crippen molar-refractivity contribution >= 4 is 5.78 Å². The third kappa shape index (κ3) is 3.15. The maximum atomic E-state index is 12.1. The molecule has 6 heteroatoms. The van der Waals surface area contributed by atoms with Crippen molar-refractivity contribution in [2.45, 2.75) is 26.3 Å². The second-order valence-electron chi connectivity index (χ2n) is 4.43. The smallest absolute Gasteiger partial charge is 0.216 e. The highest BCUT2D eigenvalue weighted by Gasteiger charge is 2.12. The monoisotopic (exact) mass is 260 g/mol. The zero-order valence-electron chi connectivity index (χ0n) is 11.2. The van der Waals surface area contributed by atoms with Gasteiger partial charge in [0.15, 0.2) is 5.78 Å². The van der Waals surface area contributed by atoms with Gasteiger partial charge in [0.25, 0.3) is 0 Å². The summed E-state index contributed by atoms with van der Waals surface area (Å²) in [6.45, 7) is 4.07. The van der Waals surface area contributed by atoms with E-state index in [-0.39, 0.29) is 18.2 Å². The van der Waals surface area contributed by atoms with Crippen LogP contribution in [0, 0.1) is 0 Å². The molecular weight excluding hydrogens is 244 g/mol. The molecule has 2 aromatic heterocycles. The van der Waals surface area contributed by atoms with Gasteiger partial charge in [-0.2, -0.15) is 5.10 Å². The Labute approximate surface area is 111 Å². The van der Waals surface area contributed by atoms with E-state index in [1.165, 1.54) is 19.5 Å². The number of ether oxygens (including phenoxy) is 1. The first-order valence-corrected chi connectivity index (χ1v) is 6.03. The molecule has 2 rings (SSSR count). The molecular formula is C13H16N4O2. The number of hydrogen-bond donors (Lipinski definition) is 0. The minimum atomic E-state index is -0.102. The average molecular weight is 260 g/mol. The summed E-state index contributed by atoms with van der Waals surface area (Å²) in [5.74, 6) is 0.278. The Morgan fingerprint density at radius 1 is 1.42 bits per heavy atom. The number of nitrogens with zero attached hydrogens (tertiary/aromatic N) is 4. The molecule has 0 unspecified atom stereocenters. The third-order valence-electron chi connectivity index (χ3n) is 2.67. The lowest BCUT2D eigenvalue weighted by molar-refractivity contribution is 0.0986. The Morgan fingerprint density at radius 2 is 2.21 bits per heavy atom. The van der Waals surface area contributed by atoms with E-state index < -0.39 is 0 Å². The molecule has 0 saturated heterocycles. The van der Waals surface area contributed by atoms with E-state index in [1.807, 2.05) is 30.8 Å². The van der Waals surface area contributed by atoms with Crippen molar-refractivity contribution in [3.8, 4) is 5.88 Å². The fraction of sp³-hybridized carbons (Fsp3) is 0.385. The van der Waals surface area contributed by atoms with E-state index in [0.29, 0.717) is 11.6 Å². The van der Waals surface area contributed by atoms with Gasteiger partial charge in [-0.05, 0) is 19.9 Å². The van der Waals surface area contributed by atoms with Gasteiger partial charge in [0.2, 0.25) is 5.88 Å². The molecule has 0 atom stereocenters. The van der Waals surface area contributed by atoms with Crippen LogP contribution in [0.25, 0.3) is 0 Å². The molecule has 0 aliphatic rings. The Balaban J connectivity index is 2.11. The van der Waals surface area contributed by atoms with Crippen molar-refractivity contribution in [1.82, 2.24) is 19.7 Å². The number of rotatable bonds is 5. The maximum absolute atomic E-state index is 12.1. The molecule has 2 heterocycles. The molecule has 0 bridgehead atoms. The van der Waals surface area contributed by atoms with E-state index in [0.717, 1.165) is 5.69 Å². The molecule has 0 aliphatic carbocycles. The van der Waals surface area contributed by atoms with Crippen LogP contribution in [0.3, 0.4) is 0 Å². The third-order valence-corrected chi connectivity index (χ3v) is 2.67. The van der Waals surface area contributed by atoms with Crippen LogP contribution in [-0.2, 0) is 6.42 Å². The fourth-order valence-electron chi connectivity index (χ4n) is 1.62.